The highest BCUT2D eigenvalue weighted by Crippen LogP contribution is 2.28. The fraction of sp³-hybridized carbons (Fsp3) is 0.600. The van der Waals surface area contributed by atoms with Gasteiger partial charge < -0.3 is 5.11 Å². The number of fused-ring (bicyclic) bond motifs is 3. The van der Waals surface area contributed by atoms with Gasteiger partial charge >= 0.3 is 0 Å². The summed E-state index contributed by atoms with van der Waals surface area (Å²) in [6.07, 6.45) is -0.354. The molecule has 18 heavy (non-hydrogen) atoms. The predicted octanol–water partition coefficient (Wildman–Crippen LogP) is 1.34. The molecule has 98 valence electrons. The van der Waals surface area contributed by atoms with Crippen molar-refractivity contribution in [3.8, 4) is 0 Å². The molecular formula is C15H22N2O. The standard InChI is InChI=1S/C15H22N2O/c1-11-3-4-13(9-12(11)2)15(18)14-10-16-5-7-17(14)8-6-16/h3-4,9,14-15,18H,5-8,10H2,1-2H3. The SMILES string of the molecule is Cc1ccc(C(O)C2CN3CCN2CC3)cc1C. The van der Waals surface area contributed by atoms with E-state index in [0.29, 0.717) is 0 Å². The molecule has 0 aromatic heterocycles. The number of nitrogens with zero attached hydrogens (tertiary/aromatic N) is 2. The van der Waals surface area contributed by atoms with E-state index in [1.54, 1.807) is 0 Å². The molecule has 1 aromatic rings. The molecule has 0 saturated carbocycles. The molecule has 0 radical (unpaired) electrons. The second-order valence-corrected chi connectivity index (χ2v) is 5.69. The summed E-state index contributed by atoms with van der Waals surface area (Å²) in [6, 6.07) is 6.60. The Balaban J connectivity index is 1.81. The predicted molar refractivity (Wildman–Crippen MR) is 72.7 cm³/mol. The van der Waals surface area contributed by atoms with E-state index < -0.39 is 0 Å². The summed E-state index contributed by atoms with van der Waals surface area (Å²) in [4.78, 5) is 4.91. The van der Waals surface area contributed by atoms with Gasteiger partial charge in [0, 0.05) is 32.7 Å². The maximum absolute atomic E-state index is 10.6. The van der Waals surface area contributed by atoms with Crippen molar-refractivity contribution >= 4 is 0 Å². The minimum absolute atomic E-state index is 0.273. The van der Waals surface area contributed by atoms with Crippen LogP contribution in [0.5, 0.6) is 0 Å². The van der Waals surface area contributed by atoms with Gasteiger partial charge in [-0.2, -0.15) is 0 Å². The second-order valence-electron chi connectivity index (χ2n) is 5.69. The van der Waals surface area contributed by atoms with Gasteiger partial charge in [0.15, 0.2) is 0 Å². The van der Waals surface area contributed by atoms with Crippen LogP contribution in [0, 0.1) is 13.8 Å². The maximum atomic E-state index is 10.6. The molecule has 1 N–H and O–H groups in total. The highest BCUT2D eigenvalue weighted by Gasteiger charge is 2.36. The average Bonchev–Trinajstić information content (AvgIpc) is 2.42. The zero-order valence-corrected chi connectivity index (χ0v) is 11.3. The summed E-state index contributed by atoms with van der Waals surface area (Å²) in [5.74, 6) is 0. The number of hydrogen-bond donors (Lipinski definition) is 1. The number of hydrogen-bond acceptors (Lipinski definition) is 3. The van der Waals surface area contributed by atoms with Gasteiger partial charge in [0.05, 0.1) is 12.1 Å². The molecule has 4 rings (SSSR count). The van der Waals surface area contributed by atoms with Crippen molar-refractivity contribution in [2.24, 2.45) is 0 Å². The molecule has 3 nitrogen and oxygen atoms in total. The van der Waals surface area contributed by atoms with Gasteiger partial charge in [-0.25, -0.2) is 0 Å². The molecule has 3 heterocycles. The van der Waals surface area contributed by atoms with Crippen molar-refractivity contribution in [2.45, 2.75) is 26.0 Å². The first-order chi connectivity index (χ1) is 8.65. The van der Waals surface area contributed by atoms with Gasteiger partial charge in [-0.15, -0.1) is 0 Å². The van der Waals surface area contributed by atoms with Crippen molar-refractivity contribution in [3.63, 3.8) is 0 Å². The fourth-order valence-corrected chi connectivity index (χ4v) is 3.13. The largest absolute Gasteiger partial charge is 0.387 e. The highest BCUT2D eigenvalue weighted by molar-refractivity contribution is 5.32. The Labute approximate surface area is 109 Å². The van der Waals surface area contributed by atoms with Crippen LogP contribution >= 0.6 is 0 Å². The molecule has 3 fully saturated rings. The van der Waals surface area contributed by atoms with E-state index in [-0.39, 0.29) is 12.1 Å². The van der Waals surface area contributed by atoms with Gasteiger partial charge in [-0.1, -0.05) is 18.2 Å². The molecule has 0 amide bonds. The van der Waals surface area contributed by atoms with Crippen LogP contribution in [0.2, 0.25) is 0 Å². The number of piperazine rings is 3. The number of aryl methyl sites for hydroxylation is 2. The van der Waals surface area contributed by atoms with E-state index >= 15 is 0 Å². The normalized spacial score (nSPS) is 32.5. The van der Waals surface area contributed by atoms with Crippen molar-refractivity contribution in [3.05, 3.63) is 34.9 Å². The first-order valence-corrected chi connectivity index (χ1v) is 6.87. The number of aliphatic hydroxyl groups excluding tert-OH is 1. The molecule has 2 bridgehead atoms. The van der Waals surface area contributed by atoms with Gasteiger partial charge in [-0.05, 0) is 30.5 Å². The van der Waals surface area contributed by atoms with Crippen LogP contribution in [-0.4, -0.2) is 53.7 Å². The summed E-state index contributed by atoms with van der Waals surface area (Å²) in [5, 5.41) is 10.6. The van der Waals surface area contributed by atoms with Gasteiger partial charge in [0.25, 0.3) is 0 Å². The number of benzene rings is 1. The van der Waals surface area contributed by atoms with E-state index in [1.807, 2.05) is 0 Å². The Bertz CT molecular complexity index is 438. The first-order valence-electron chi connectivity index (χ1n) is 6.87. The van der Waals surface area contributed by atoms with Gasteiger partial charge in [0.2, 0.25) is 0 Å². The van der Waals surface area contributed by atoms with Crippen LogP contribution in [0.3, 0.4) is 0 Å². The van der Waals surface area contributed by atoms with Crippen LogP contribution in [0.4, 0.5) is 0 Å². The first kappa shape index (κ1) is 12.2. The third-order valence-electron chi connectivity index (χ3n) is 4.56. The van der Waals surface area contributed by atoms with Crippen molar-refractivity contribution < 1.29 is 5.11 Å². The third-order valence-corrected chi connectivity index (χ3v) is 4.56. The van der Waals surface area contributed by atoms with E-state index in [2.05, 4.69) is 41.8 Å². The Hall–Kier alpha value is -0.900. The number of aliphatic hydroxyl groups is 1. The monoisotopic (exact) mass is 246 g/mol. The molecule has 3 aliphatic rings. The van der Waals surface area contributed by atoms with Gasteiger partial charge in [-0.3, -0.25) is 9.80 Å². The Morgan fingerprint density at radius 2 is 1.83 bits per heavy atom. The van der Waals surface area contributed by atoms with Crippen molar-refractivity contribution in [2.75, 3.05) is 32.7 Å². The minimum atomic E-state index is -0.354. The van der Waals surface area contributed by atoms with Gasteiger partial charge in [0.1, 0.15) is 0 Å². The molecule has 3 heteroatoms. The minimum Gasteiger partial charge on any atom is -0.387 e. The molecule has 2 unspecified atom stereocenters. The molecular weight excluding hydrogens is 224 g/mol. The maximum Gasteiger partial charge on any atom is 0.0957 e. The zero-order valence-electron chi connectivity index (χ0n) is 11.3. The lowest BCUT2D eigenvalue weighted by Gasteiger charge is -2.49. The van der Waals surface area contributed by atoms with Crippen molar-refractivity contribution in [1.29, 1.82) is 0 Å². The van der Waals surface area contributed by atoms with E-state index in [9.17, 15) is 5.11 Å². The van der Waals surface area contributed by atoms with E-state index in [1.165, 1.54) is 11.1 Å². The smallest absolute Gasteiger partial charge is 0.0957 e. The Kier molecular flexibility index (Phi) is 3.14. The topological polar surface area (TPSA) is 26.7 Å². The van der Waals surface area contributed by atoms with Crippen molar-refractivity contribution in [1.82, 2.24) is 9.80 Å². The second kappa shape index (κ2) is 4.65. The summed E-state index contributed by atoms with van der Waals surface area (Å²) in [5.41, 5.74) is 3.62. The average molecular weight is 246 g/mol. The van der Waals surface area contributed by atoms with Crippen LogP contribution in [0.1, 0.15) is 22.8 Å². The van der Waals surface area contributed by atoms with E-state index in [4.69, 9.17) is 0 Å². The highest BCUT2D eigenvalue weighted by atomic mass is 16.3. The lowest BCUT2D eigenvalue weighted by atomic mass is 9.94. The van der Waals surface area contributed by atoms with E-state index in [0.717, 1.165) is 38.3 Å². The van der Waals surface area contributed by atoms with Crippen LogP contribution < -0.4 is 0 Å². The lowest BCUT2D eigenvalue weighted by Crippen LogP contribution is -2.62. The van der Waals surface area contributed by atoms with Crippen LogP contribution in [-0.2, 0) is 0 Å². The fourth-order valence-electron chi connectivity index (χ4n) is 3.13. The molecule has 3 saturated heterocycles. The Morgan fingerprint density at radius 3 is 2.39 bits per heavy atom. The van der Waals surface area contributed by atoms with Crippen LogP contribution in [0.15, 0.2) is 18.2 Å². The molecule has 0 spiro atoms. The summed E-state index contributed by atoms with van der Waals surface area (Å²) < 4.78 is 0. The quantitative estimate of drug-likeness (QED) is 0.853. The summed E-state index contributed by atoms with van der Waals surface area (Å²) in [7, 11) is 0. The lowest BCUT2D eigenvalue weighted by molar-refractivity contribution is -0.0470. The number of rotatable bonds is 2. The molecule has 3 aliphatic heterocycles. The molecule has 1 aromatic carbocycles. The molecule has 2 atom stereocenters. The molecule has 0 aliphatic carbocycles. The summed E-state index contributed by atoms with van der Waals surface area (Å²) in [6.45, 7) is 9.77. The third kappa shape index (κ3) is 2.07. The van der Waals surface area contributed by atoms with Crippen LogP contribution in [0.25, 0.3) is 0 Å². The zero-order chi connectivity index (χ0) is 12.7. The Morgan fingerprint density at radius 1 is 1.11 bits per heavy atom. The summed E-state index contributed by atoms with van der Waals surface area (Å²) >= 11 is 0.